The molecule has 2 rings (SSSR count). The predicted molar refractivity (Wildman–Crippen MR) is 71.4 cm³/mol. The summed E-state index contributed by atoms with van der Waals surface area (Å²) in [7, 11) is 0. The minimum atomic E-state index is 0.165. The van der Waals surface area contributed by atoms with Crippen molar-refractivity contribution in [3.05, 3.63) is 39.5 Å². The van der Waals surface area contributed by atoms with Crippen LogP contribution in [0.4, 0.5) is 5.95 Å². The number of hydrogen-bond donors (Lipinski definition) is 2. The van der Waals surface area contributed by atoms with Gasteiger partial charge < -0.3 is 4.74 Å². The molecular weight excluding hydrogens is 298 g/mol. The first-order valence-corrected chi connectivity index (χ1v) is 5.85. The number of nitrogens with one attached hydrogen (secondary N) is 1. The fourth-order valence-corrected chi connectivity index (χ4v) is 1.56. The average Bonchev–Trinajstić information content (AvgIpc) is 2.36. The van der Waals surface area contributed by atoms with Gasteiger partial charge in [-0.2, -0.15) is 4.98 Å². The molecule has 0 saturated heterocycles. The van der Waals surface area contributed by atoms with E-state index in [-0.39, 0.29) is 16.9 Å². The summed E-state index contributed by atoms with van der Waals surface area (Å²) in [6.45, 7) is 0. The number of nitrogen functional groups attached to an aromatic ring is 1. The lowest BCUT2D eigenvalue weighted by Gasteiger charge is -2.08. The molecular formula is C10H7Cl3N4O. The number of hydrogen-bond acceptors (Lipinski definition) is 5. The van der Waals surface area contributed by atoms with E-state index in [4.69, 9.17) is 45.4 Å². The molecule has 0 aliphatic heterocycles. The molecule has 0 aliphatic carbocycles. The SMILES string of the molecule is NNc1ncc(Cl)c(Oc2ccc(Cl)c(Cl)c2)n1. The zero-order valence-electron chi connectivity index (χ0n) is 8.82. The second-order valence-electron chi connectivity index (χ2n) is 3.17. The van der Waals surface area contributed by atoms with Gasteiger partial charge >= 0.3 is 0 Å². The fourth-order valence-electron chi connectivity index (χ4n) is 1.14. The Morgan fingerprint density at radius 1 is 1.11 bits per heavy atom. The lowest BCUT2D eigenvalue weighted by molar-refractivity contribution is 0.462. The first kappa shape index (κ1) is 13.2. The van der Waals surface area contributed by atoms with Gasteiger partial charge in [-0.25, -0.2) is 10.8 Å². The standard InChI is InChI=1S/C10H7Cl3N4O/c11-6-2-1-5(3-7(6)12)18-9-8(13)4-15-10(16-9)17-14/h1-4H,14H2,(H,15,16,17). The summed E-state index contributed by atoms with van der Waals surface area (Å²) in [5, 5.41) is 1.05. The van der Waals surface area contributed by atoms with Gasteiger partial charge in [0.1, 0.15) is 10.8 Å². The van der Waals surface area contributed by atoms with Gasteiger partial charge in [-0.1, -0.05) is 34.8 Å². The highest BCUT2D eigenvalue weighted by Gasteiger charge is 2.08. The van der Waals surface area contributed by atoms with E-state index in [0.717, 1.165) is 0 Å². The molecule has 2 aromatic rings. The van der Waals surface area contributed by atoms with Gasteiger partial charge in [0.05, 0.1) is 16.2 Å². The Hall–Kier alpha value is -1.27. The third-order valence-electron chi connectivity index (χ3n) is 1.95. The molecule has 0 atom stereocenters. The van der Waals surface area contributed by atoms with Crippen LogP contribution in [0.2, 0.25) is 15.1 Å². The quantitative estimate of drug-likeness (QED) is 0.670. The highest BCUT2D eigenvalue weighted by molar-refractivity contribution is 6.42. The molecule has 0 bridgehead atoms. The van der Waals surface area contributed by atoms with Crippen molar-refractivity contribution < 1.29 is 4.74 Å². The van der Waals surface area contributed by atoms with E-state index in [2.05, 4.69) is 15.4 Å². The number of nitrogens with zero attached hydrogens (tertiary/aromatic N) is 2. The van der Waals surface area contributed by atoms with Crippen LogP contribution in [0.1, 0.15) is 0 Å². The van der Waals surface area contributed by atoms with Gasteiger partial charge in [0.2, 0.25) is 11.8 Å². The molecule has 0 radical (unpaired) electrons. The van der Waals surface area contributed by atoms with Crippen molar-refractivity contribution in [1.82, 2.24) is 9.97 Å². The first-order chi connectivity index (χ1) is 8.60. The summed E-state index contributed by atoms with van der Waals surface area (Å²) in [5.74, 6) is 6.00. The summed E-state index contributed by atoms with van der Waals surface area (Å²) in [4.78, 5) is 7.79. The molecule has 5 nitrogen and oxygen atoms in total. The molecule has 94 valence electrons. The first-order valence-electron chi connectivity index (χ1n) is 4.72. The number of hydrazine groups is 1. The van der Waals surface area contributed by atoms with Crippen molar-refractivity contribution >= 4 is 40.8 Å². The maximum absolute atomic E-state index is 5.90. The Labute approximate surface area is 118 Å². The monoisotopic (exact) mass is 304 g/mol. The molecule has 3 N–H and O–H groups in total. The highest BCUT2D eigenvalue weighted by atomic mass is 35.5. The Balaban J connectivity index is 2.30. The number of rotatable bonds is 3. The number of ether oxygens (including phenoxy) is 1. The van der Waals surface area contributed by atoms with E-state index in [9.17, 15) is 0 Å². The van der Waals surface area contributed by atoms with Gasteiger partial charge in [-0.05, 0) is 12.1 Å². The van der Waals surface area contributed by atoms with Gasteiger partial charge in [-0.3, -0.25) is 5.43 Å². The molecule has 0 amide bonds. The maximum Gasteiger partial charge on any atom is 0.243 e. The largest absolute Gasteiger partial charge is 0.437 e. The average molecular weight is 306 g/mol. The van der Waals surface area contributed by atoms with Gasteiger partial charge in [0, 0.05) is 6.07 Å². The molecule has 0 unspecified atom stereocenters. The Morgan fingerprint density at radius 3 is 2.56 bits per heavy atom. The number of benzene rings is 1. The van der Waals surface area contributed by atoms with Crippen molar-refractivity contribution in [2.75, 3.05) is 5.43 Å². The van der Waals surface area contributed by atoms with Gasteiger partial charge in [0.25, 0.3) is 0 Å². The second-order valence-corrected chi connectivity index (χ2v) is 4.39. The number of halogens is 3. The highest BCUT2D eigenvalue weighted by Crippen LogP contribution is 2.31. The number of nitrogens with two attached hydrogens (primary N) is 1. The van der Waals surface area contributed by atoms with Crippen molar-refractivity contribution in [3.8, 4) is 11.6 Å². The molecule has 0 spiro atoms. The smallest absolute Gasteiger partial charge is 0.243 e. The summed E-state index contributed by atoms with van der Waals surface area (Å²) in [5.41, 5.74) is 2.29. The lowest BCUT2D eigenvalue weighted by Crippen LogP contribution is -2.10. The predicted octanol–water partition coefficient (Wildman–Crippen LogP) is 3.51. The summed E-state index contributed by atoms with van der Waals surface area (Å²) >= 11 is 17.6. The Kier molecular flexibility index (Phi) is 4.08. The second kappa shape index (κ2) is 5.58. The third kappa shape index (κ3) is 2.94. The summed E-state index contributed by atoms with van der Waals surface area (Å²) in [6, 6.07) is 4.80. The zero-order chi connectivity index (χ0) is 13.1. The molecule has 0 fully saturated rings. The molecule has 1 aromatic heterocycles. The zero-order valence-corrected chi connectivity index (χ0v) is 11.1. The molecule has 8 heteroatoms. The number of aromatic nitrogens is 2. The minimum Gasteiger partial charge on any atom is -0.437 e. The molecule has 1 heterocycles. The van der Waals surface area contributed by atoms with Crippen molar-refractivity contribution in [1.29, 1.82) is 0 Å². The van der Waals surface area contributed by atoms with Gasteiger partial charge in [0.15, 0.2) is 0 Å². The van der Waals surface area contributed by atoms with Crippen LogP contribution in [-0.2, 0) is 0 Å². The van der Waals surface area contributed by atoms with E-state index < -0.39 is 0 Å². The van der Waals surface area contributed by atoms with Crippen LogP contribution in [0, 0.1) is 0 Å². The Bertz CT molecular complexity index is 579. The fraction of sp³-hybridized carbons (Fsp3) is 0. The lowest BCUT2D eigenvalue weighted by atomic mass is 10.3. The van der Waals surface area contributed by atoms with Crippen LogP contribution in [0.5, 0.6) is 11.6 Å². The van der Waals surface area contributed by atoms with Crippen molar-refractivity contribution in [3.63, 3.8) is 0 Å². The molecule has 0 aliphatic rings. The van der Waals surface area contributed by atoms with Crippen molar-refractivity contribution in [2.24, 2.45) is 5.84 Å². The van der Waals surface area contributed by atoms with E-state index in [1.54, 1.807) is 18.2 Å². The summed E-state index contributed by atoms with van der Waals surface area (Å²) in [6.07, 6.45) is 1.37. The number of anilines is 1. The topological polar surface area (TPSA) is 73.1 Å². The van der Waals surface area contributed by atoms with Crippen LogP contribution < -0.4 is 16.0 Å². The molecule has 18 heavy (non-hydrogen) atoms. The van der Waals surface area contributed by atoms with E-state index >= 15 is 0 Å². The maximum atomic E-state index is 5.90. The summed E-state index contributed by atoms with van der Waals surface area (Å²) < 4.78 is 5.47. The van der Waals surface area contributed by atoms with E-state index in [1.165, 1.54) is 6.20 Å². The van der Waals surface area contributed by atoms with Crippen LogP contribution in [0.25, 0.3) is 0 Å². The van der Waals surface area contributed by atoms with E-state index in [0.29, 0.717) is 15.8 Å². The minimum absolute atomic E-state index is 0.165. The van der Waals surface area contributed by atoms with Gasteiger partial charge in [-0.15, -0.1) is 0 Å². The van der Waals surface area contributed by atoms with Crippen LogP contribution in [0.3, 0.4) is 0 Å². The van der Waals surface area contributed by atoms with Crippen LogP contribution in [-0.4, -0.2) is 9.97 Å². The normalized spacial score (nSPS) is 10.2. The molecule has 0 saturated carbocycles. The van der Waals surface area contributed by atoms with Crippen LogP contribution in [0.15, 0.2) is 24.4 Å². The van der Waals surface area contributed by atoms with Crippen LogP contribution >= 0.6 is 34.8 Å². The van der Waals surface area contributed by atoms with E-state index in [1.807, 2.05) is 0 Å². The van der Waals surface area contributed by atoms with Crippen molar-refractivity contribution in [2.45, 2.75) is 0 Å². The Morgan fingerprint density at radius 2 is 1.89 bits per heavy atom. The third-order valence-corrected chi connectivity index (χ3v) is 2.94. The molecule has 1 aromatic carbocycles.